The molecule has 2 unspecified atom stereocenters. The van der Waals surface area contributed by atoms with Crippen LogP contribution in [0, 0.1) is 11.3 Å². The summed E-state index contributed by atoms with van der Waals surface area (Å²) in [5.74, 6) is 1.22. The van der Waals surface area contributed by atoms with E-state index < -0.39 is 5.63 Å². The number of rotatable bonds is 9. The first-order valence-corrected chi connectivity index (χ1v) is 11.9. The van der Waals surface area contributed by atoms with Gasteiger partial charge in [-0.2, -0.15) is 0 Å². The Labute approximate surface area is 206 Å². The molecule has 3 rings (SSSR count). The summed E-state index contributed by atoms with van der Waals surface area (Å²) in [5.41, 5.74) is 2.07. The van der Waals surface area contributed by atoms with Gasteiger partial charge in [0.1, 0.15) is 12.7 Å². The number of ether oxygens (including phenoxy) is 4. The molecule has 1 fully saturated rings. The minimum Gasteiger partial charge on any atom is -0.493 e. The van der Waals surface area contributed by atoms with E-state index in [9.17, 15) is 9.59 Å². The lowest BCUT2D eigenvalue weighted by atomic mass is 9.63. The Morgan fingerprint density at radius 2 is 1.94 bits per heavy atom. The molecule has 7 nitrogen and oxygen atoms in total. The van der Waals surface area contributed by atoms with E-state index in [-0.39, 0.29) is 23.4 Å². The van der Waals surface area contributed by atoms with Crippen LogP contribution < -0.4 is 19.8 Å². The first-order chi connectivity index (χ1) is 16.6. The number of allylic oxidation sites excluding steroid dienone is 2. The van der Waals surface area contributed by atoms with Gasteiger partial charge in [-0.15, -0.1) is 0 Å². The Morgan fingerprint density at radius 3 is 2.60 bits per heavy atom. The Balaban J connectivity index is 1.71. The fourth-order valence-corrected chi connectivity index (χ4v) is 4.96. The summed E-state index contributed by atoms with van der Waals surface area (Å²) >= 11 is 0. The molecular weight excluding hydrogens is 448 g/mol. The number of carbonyl (C=O) groups excluding carboxylic acids is 1. The van der Waals surface area contributed by atoms with Gasteiger partial charge in [0.05, 0.1) is 14.2 Å². The van der Waals surface area contributed by atoms with E-state index in [1.54, 1.807) is 19.2 Å². The molecule has 1 aromatic carbocycles. The molecule has 0 aliphatic heterocycles. The predicted molar refractivity (Wildman–Crippen MR) is 135 cm³/mol. The van der Waals surface area contributed by atoms with Gasteiger partial charge in [0.25, 0.3) is 0 Å². The topological polar surface area (TPSA) is 84.2 Å². The molecule has 1 aliphatic rings. The van der Waals surface area contributed by atoms with Gasteiger partial charge < -0.3 is 23.4 Å². The quantitative estimate of drug-likeness (QED) is 0.251. The third-order valence-electron chi connectivity index (χ3n) is 6.95. The molecule has 1 saturated carbocycles. The van der Waals surface area contributed by atoms with E-state index >= 15 is 0 Å². The van der Waals surface area contributed by atoms with Crippen molar-refractivity contribution in [2.75, 3.05) is 20.8 Å². The van der Waals surface area contributed by atoms with Gasteiger partial charge in [-0.3, -0.25) is 4.79 Å². The third-order valence-corrected chi connectivity index (χ3v) is 6.95. The van der Waals surface area contributed by atoms with Crippen molar-refractivity contribution in [3.8, 4) is 17.2 Å². The molecule has 2 atom stereocenters. The number of esters is 1. The molecule has 1 aromatic heterocycles. The smallest absolute Gasteiger partial charge is 0.336 e. The van der Waals surface area contributed by atoms with Crippen LogP contribution >= 0.6 is 0 Å². The molecule has 0 amide bonds. The first-order valence-electron chi connectivity index (χ1n) is 11.9. The van der Waals surface area contributed by atoms with Gasteiger partial charge in [-0.25, -0.2) is 4.79 Å². The lowest BCUT2D eigenvalue weighted by molar-refractivity contribution is -0.156. The number of hydrogen-bond acceptors (Lipinski definition) is 7. The fourth-order valence-electron chi connectivity index (χ4n) is 4.96. The maximum absolute atomic E-state index is 11.7. The van der Waals surface area contributed by atoms with Crippen molar-refractivity contribution in [2.45, 2.75) is 59.5 Å². The van der Waals surface area contributed by atoms with Crippen LogP contribution in [0.2, 0.25) is 0 Å². The van der Waals surface area contributed by atoms with Gasteiger partial charge in [0, 0.05) is 23.8 Å². The minimum absolute atomic E-state index is 0.101. The predicted octanol–water partition coefficient (Wildman–Crippen LogP) is 5.84. The molecule has 0 saturated heterocycles. The van der Waals surface area contributed by atoms with Crippen molar-refractivity contribution in [3.63, 3.8) is 0 Å². The van der Waals surface area contributed by atoms with Crippen molar-refractivity contribution in [1.29, 1.82) is 0 Å². The first kappa shape index (κ1) is 26.4. The van der Waals surface area contributed by atoms with Crippen LogP contribution in [0.1, 0.15) is 53.4 Å². The van der Waals surface area contributed by atoms with Gasteiger partial charge in [-0.05, 0) is 56.7 Å². The lowest BCUT2D eigenvalue weighted by Crippen LogP contribution is -2.43. The van der Waals surface area contributed by atoms with Crippen LogP contribution in [0.15, 0.2) is 51.2 Å². The van der Waals surface area contributed by atoms with Crippen LogP contribution in [0.25, 0.3) is 11.0 Å². The monoisotopic (exact) mass is 484 g/mol. The summed E-state index contributed by atoms with van der Waals surface area (Å²) in [5, 5.41) is 0.680. The average Bonchev–Trinajstić information content (AvgIpc) is 2.80. The molecule has 35 heavy (non-hydrogen) atoms. The van der Waals surface area contributed by atoms with Gasteiger partial charge in [0.15, 0.2) is 11.3 Å². The van der Waals surface area contributed by atoms with Crippen LogP contribution in [0.3, 0.4) is 0 Å². The second kappa shape index (κ2) is 11.0. The van der Waals surface area contributed by atoms with E-state index in [2.05, 4.69) is 27.4 Å². The van der Waals surface area contributed by atoms with E-state index in [0.717, 1.165) is 25.7 Å². The molecule has 0 spiro atoms. The van der Waals surface area contributed by atoms with Crippen LogP contribution in [0.4, 0.5) is 0 Å². The van der Waals surface area contributed by atoms with Crippen molar-refractivity contribution in [1.82, 2.24) is 0 Å². The standard InChI is InChI=1S/C28H36O7/c1-17(8-11-21-18(2)9-12-23(28(21,4)5)34-19(3)29)14-15-33-26-22(31-6)16-20-10-13-24(30)35-25(20)27(26)32-7/h10,13-14,16,21,23H,2,8-9,11-12,15H2,1,3-7H3. The third kappa shape index (κ3) is 5.89. The van der Waals surface area contributed by atoms with E-state index in [1.807, 2.05) is 6.08 Å². The van der Waals surface area contributed by atoms with E-state index in [4.69, 9.17) is 23.4 Å². The second-order valence-corrected chi connectivity index (χ2v) is 9.68. The lowest BCUT2D eigenvalue weighted by Gasteiger charge is -2.45. The summed E-state index contributed by atoms with van der Waals surface area (Å²) in [6, 6.07) is 4.76. The summed E-state index contributed by atoms with van der Waals surface area (Å²) in [4.78, 5) is 23.3. The fraction of sp³-hybridized carbons (Fsp3) is 0.500. The van der Waals surface area contributed by atoms with E-state index in [1.165, 1.54) is 31.2 Å². The molecule has 1 aliphatic carbocycles. The normalized spacial score (nSPS) is 19.9. The minimum atomic E-state index is -0.467. The highest BCUT2D eigenvalue weighted by Crippen LogP contribution is 2.47. The number of fused-ring (bicyclic) bond motifs is 1. The zero-order valence-corrected chi connectivity index (χ0v) is 21.6. The van der Waals surface area contributed by atoms with Gasteiger partial charge in [0.2, 0.25) is 11.5 Å². The number of carbonyl (C=O) groups is 1. The molecule has 2 aromatic rings. The zero-order valence-electron chi connectivity index (χ0n) is 21.6. The van der Waals surface area contributed by atoms with Crippen molar-refractivity contribution in [3.05, 3.63) is 52.4 Å². The van der Waals surface area contributed by atoms with Gasteiger partial charge >= 0.3 is 11.6 Å². The summed E-state index contributed by atoms with van der Waals surface area (Å²) in [6.45, 7) is 12.5. The van der Waals surface area contributed by atoms with Crippen molar-refractivity contribution >= 4 is 16.9 Å². The Morgan fingerprint density at radius 1 is 1.20 bits per heavy atom. The number of hydrogen-bond donors (Lipinski definition) is 0. The van der Waals surface area contributed by atoms with Gasteiger partial charge in [-0.1, -0.05) is 31.6 Å². The summed E-state index contributed by atoms with van der Waals surface area (Å²) < 4.78 is 28.0. The van der Waals surface area contributed by atoms with Crippen LogP contribution in [-0.2, 0) is 9.53 Å². The zero-order chi connectivity index (χ0) is 25.8. The maximum Gasteiger partial charge on any atom is 0.336 e. The highest BCUT2D eigenvalue weighted by Gasteiger charge is 2.43. The molecule has 190 valence electrons. The van der Waals surface area contributed by atoms with Crippen molar-refractivity contribution in [2.24, 2.45) is 11.3 Å². The van der Waals surface area contributed by atoms with Crippen molar-refractivity contribution < 1.29 is 28.2 Å². The highest BCUT2D eigenvalue weighted by molar-refractivity contribution is 5.88. The Kier molecular flexibility index (Phi) is 8.30. The molecular formula is C28H36O7. The molecule has 0 bridgehead atoms. The highest BCUT2D eigenvalue weighted by atomic mass is 16.5. The SMILES string of the molecule is C=C1CCC(OC(C)=O)C(C)(C)C1CCC(C)=CCOc1c(OC)cc2ccc(=O)oc2c1OC. The Hall–Kier alpha value is -3.22. The summed E-state index contributed by atoms with van der Waals surface area (Å²) in [6.07, 6.45) is 5.39. The molecule has 0 N–H and O–H groups in total. The molecule has 7 heteroatoms. The largest absolute Gasteiger partial charge is 0.493 e. The van der Waals surface area contributed by atoms with Crippen LogP contribution in [0.5, 0.6) is 17.2 Å². The van der Waals surface area contributed by atoms with Crippen LogP contribution in [-0.4, -0.2) is 32.9 Å². The Bertz CT molecular complexity index is 1170. The summed E-state index contributed by atoms with van der Waals surface area (Å²) in [7, 11) is 3.05. The maximum atomic E-state index is 11.7. The molecule has 1 heterocycles. The number of methoxy groups -OCH3 is 2. The molecule has 0 radical (unpaired) electrons. The number of benzene rings is 1. The van der Waals surface area contributed by atoms with E-state index in [0.29, 0.717) is 34.8 Å². The average molecular weight is 485 g/mol. The second-order valence-electron chi connectivity index (χ2n) is 9.68.